The summed E-state index contributed by atoms with van der Waals surface area (Å²) >= 11 is 0. The van der Waals surface area contributed by atoms with Crippen LogP contribution in [0.5, 0.6) is 0 Å². The second-order valence-corrected chi connectivity index (χ2v) is 5.90. The van der Waals surface area contributed by atoms with E-state index < -0.39 is 0 Å². The lowest BCUT2D eigenvalue weighted by atomic mass is 9.99. The number of rotatable bonds is 5. The summed E-state index contributed by atoms with van der Waals surface area (Å²) in [4.78, 5) is 8.45. The van der Waals surface area contributed by atoms with Crippen LogP contribution in [-0.2, 0) is 18.3 Å². The van der Waals surface area contributed by atoms with Crippen LogP contribution in [-0.4, -0.2) is 37.3 Å². The van der Waals surface area contributed by atoms with Crippen molar-refractivity contribution in [3.63, 3.8) is 0 Å². The Morgan fingerprint density at radius 1 is 1.35 bits per heavy atom. The van der Waals surface area contributed by atoms with Gasteiger partial charge in [0.25, 0.3) is 0 Å². The molecular weight excluding hydrogens is 292 g/mol. The largest absolute Gasteiger partial charge is 0.372 e. The third-order valence-electron chi connectivity index (χ3n) is 4.47. The fourth-order valence-electron chi connectivity index (χ4n) is 3.24. The van der Waals surface area contributed by atoms with Crippen molar-refractivity contribution in [3.8, 4) is 0 Å². The maximum absolute atomic E-state index is 5.92. The predicted octanol–water partition coefficient (Wildman–Crippen LogP) is 1.33. The van der Waals surface area contributed by atoms with Gasteiger partial charge < -0.3 is 10.1 Å². The van der Waals surface area contributed by atoms with E-state index in [1.807, 2.05) is 36.4 Å². The minimum atomic E-state index is 0.126. The number of imidazole rings is 1. The van der Waals surface area contributed by atoms with Crippen LogP contribution in [0.4, 0.5) is 0 Å². The summed E-state index contributed by atoms with van der Waals surface area (Å²) in [5.41, 5.74) is 3.16. The third kappa shape index (κ3) is 2.73. The van der Waals surface area contributed by atoms with Gasteiger partial charge >= 0.3 is 0 Å². The first kappa shape index (κ1) is 14.3. The van der Waals surface area contributed by atoms with Crippen LogP contribution < -0.4 is 5.32 Å². The molecule has 23 heavy (non-hydrogen) atoms. The van der Waals surface area contributed by atoms with E-state index in [-0.39, 0.29) is 6.10 Å². The molecule has 2 atom stereocenters. The quantitative estimate of drug-likeness (QED) is 0.770. The zero-order valence-corrected chi connectivity index (χ0v) is 13.1. The molecule has 3 aromatic rings. The van der Waals surface area contributed by atoms with Crippen LogP contribution in [0.2, 0.25) is 0 Å². The molecule has 4 rings (SSSR count). The third-order valence-corrected chi connectivity index (χ3v) is 4.47. The highest BCUT2D eigenvalue weighted by Crippen LogP contribution is 2.33. The van der Waals surface area contributed by atoms with Gasteiger partial charge in [-0.3, -0.25) is 14.1 Å². The Bertz CT molecular complexity index is 795. The summed E-state index contributed by atoms with van der Waals surface area (Å²) < 4.78 is 9.88. The molecule has 1 saturated heterocycles. The van der Waals surface area contributed by atoms with Gasteiger partial charge in [0.2, 0.25) is 0 Å². The van der Waals surface area contributed by atoms with Crippen molar-refractivity contribution in [1.29, 1.82) is 0 Å². The number of aromatic nitrogens is 5. The normalized spacial score (nSPS) is 21.3. The molecule has 1 fully saturated rings. The van der Waals surface area contributed by atoms with E-state index in [2.05, 4.69) is 24.8 Å². The number of ether oxygens (including phenoxy) is 1. The number of hydrogen-bond donors (Lipinski definition) is 1. The van der Waals surface area contributed by atoms with Crippen LogP contribution in [0.15, 0.2) is 37.1 Å². The average Bonchev–Trinajstić information content (AvgIpc) is 3.27. The smallest absolute Gasteiger partial charge is 0.155 e. The van der Waals surface area contributed by atoms with E-state index in [9.17, 15) is 0 Å². The minimum absolute atomic E-state index is 0.126. The second-order valence-electron chi connectivity index (χ2n) is 5.90. The number of aryl methyl sites for hydroxylation is 1. The summed E-state index contributed by atoms with van der Waals surface area (Å²) in [7, 11) is 1.97. The minimum Gasteiger partial charge on any atom is -0.372 e. The van der Waals surface area contributed by atoms with Crippen LogP contribution in [0, 0.1) is 5.92 Å². The molecular formula is C16H20N6O. The highest BCUT2D eigenvalue weighted by Gasteiger charge is 2.31. The van der Waals surface area contributed by atoms with Crippen molar-refractivity contribution >= 4 is 5.65 Å². The molecule has 3 aromatic heterocycles. The van der Waals surface area contributed by atoms with Gasteiger partial charge in [-0.25, -0.2) is 4.98 Å². The van der Waals surface area contributed by atoms with Gasteiger partial charge in [-0.1, -0.05) is 0 Å². The van der Waals surface area contributed by atoms with Crippen molar-refractivity contribution in [2.75, 3.05) is 13.2 Å². The van der Waals surface area contributed by atoms with E-state index >= 15 is 0 Å². The molecule has 0 aromatic carbocycles. The molecule has 0 spiro atoms. The number of hydrogen-bond acceptors (Lipinski definition) is 5. The van der Waals surface area contributed by atoms with Crippen LogP contribution in [0.25, 0.3) is 5.65 Å². The first-order valence-corrected chi connectivity index (χ1v) is 7.89. The van der Waals surface area contributed by atoms with Crippen molar-refractivity contribution in [1.82, 2.24) is 29.5 Å². The lowest BCUT2D eigenvalue weighted by Crippen LogP contribution is -2.26. The summed E-state index contributed by atoms with van der Waals surface area (Å²) in [5, 5.41) is 7.79. The Labute approximate surface area is 134 Å². The molecule has 1 aliphatic rings. The second kappa shape index (κ2) is 6.10. The molecule has 4 heterocycles. The number of fused-ring (bicyclic) bond motifs is 1. The van der Waals surface area contributed by atoms with Gasteiger partial charge in [0.15, 0.2) is 5.65 Å². The van der Waals surface area contributed by atoms with E-state index in [1.54, 1.807) is 12.4 Å². The molecule has 7 nitrogen and oxygen atoms in total. The molecule has 0 saturated carbocycles. The fraction of sp³-hybridized carbons (Fsp3) is 0.438. The van der Waals surface area contributed by atoms with Crippen molar-refractivity contribution < 1.29 is 4.74 Å². The summed E-state index contributed by atoms with van der Waals surface area (Å²) in [6, 6.07) is 2.04. The molecule has 1 N–H and O–H groups in total. The fourth-order valence-corrected chi connectivity index (χ4v) is 3.24. The molecule has 0 bridgehead atoms. The Balaban J connectivity index is 1.40. The highest BCUT2D eigenvalue weighted by atomic mass is 16.5. The van der Waals surface area contributed by atoms with Crippen molar-refractivity contribution in [2.45, 2.75) is 19.1 Å². The van der Waals surface area contributed by atoms with Gasteiger partial charge in [0, 0.05) is 51.3 Å². The summed E-state index contributed by atoms with van der Waals surface area (Å²) in [6.45, 7) is 2.50. The first-order chi connectivity index (χ1) is 11.3. The van der Waals surface area contributed by atoms with Crippen LogP contribution in [0.3, 0.4) is 0 Å². The van der Waals surface area contributed by atoms with Crippen molar-refractivity contribution in [3.05, 3.63) is 48.4 Å². The Hall–Kier alpha value is -2.25. The maximum atomic E-state index is 5.92. The zero-order valence-electron chi connectivity index (χ0n) is 13.1. The van der Waals surface area contributed by atoms with Gasteiger partial charge in [-0.2, -0.15) is 5.10 Å². The number of nitrogens with one attached hydrogen (secondary N) is 1. The monoisotopic (exact) mass is 312 g/mol. The van der Waals surface area contributed by atoms with E-state index in [4.69, 9.17) is 4.74 Å². The lowest BCUT2D eigenvalue weighted by Gasteiger charge is -2.19. The molecule has 0 unspecified atom stereocenters. The summed E-state index contributed by atoms with van der Waals surface area (Å²) in [5.74, 6) is 0.464. The molecule has 0 radical (unpaired) electrons. The first-order valence-electron chi connectivity index (χ1n) is 7.89. The molecule has 0 aliphatic carbocycles. The molecule has 0 amide bonds. The van der Waals surface area contributed by atoms with Crippen molar-refractivity contribution in [2.24, 2.45) is 13.0 Å². The van der Waals surface area contributed by atoms with Gasteiger partial charge in [-0.15, -0.1) is 0 Å². The Morgan fingerprint density at radius 3 is 3.17 bits per heavy atom. The average molecular weight is 312 g/mol. The van der Waals surface area contributed by atoms with Crippen LogP contribution in [0.1, 0.15) is 23.9 Å². The standard InChI is InChI=1S/C16H20N6O/c1-21-14(2-4-20-21)16-12(3-7-23-16)8-18-9-13-10-19-15-11-17-5-6-22(13)15/h2,4-6,10-12,16,18H,3,7-9H2,1H3/t12-,16+/m0/s1. The highest BCUT2D eigenvalue weighted by molar-refractivity contribution is 5.36. The zero-order chi connectivity index (χ0) is 15.6. The van der Waals surface area contributed by atoms with Crippen LogP contribution >= 0.6 is 0 Å². The van der Waals surface area contributed by atoms with Gasteiger partial charge in [0.1, 0.15) is 6.10 Å². The number of nitrogens with zero attached hydrogens (tertiary/aromatic N) is 5. The predicted molar refractivity (Wildman–Crippen MR) is 84.7 cm³/mol. The lowest BCUT2D eigenvalue weighted by molar-refractivity contribution is 0.0837. The van der Waals surface area contributed by atoms with E-state index in [0.29, 0.717) is 5.92 Å². The summed E-state index contributed by atoms with van der Waals surface area (Å²) in [6.07, 6.45) is 10.4. The molecule has 1 aliphatic heterocycles. The SMILES string of the molecule is Cn1nccc1[C@@H]1OCC[C@H]1CNCc1cnc2cnccn12. The maximum Gasteiger partial charge on any atom is 0.155 e. The van der Waals surface area contributed by atoms with E-state index in [1.165, 1.54) is 0 Å². The van der Waals surface area contributed by atoms with Gasteiger partial charge in [0.05, 0.1) is 23.8 Å². The van der Waals surface area contributed by atoms with E-state index in [0.717, 1.165) is 43.2 Å². The topological polar surface area (TPSA) is 69.3 Å². The Morgan fingerprint density at radius 2 is 2.30 bits per heavy atom. The molecule has 7 heteroatoms. The Kier molecular flexibility index (Phi) is 3.80. The van der Waals surface area contributed by atoms with Gasteiger partial charge in [-0.05, 0) is 12.5 Å². The molecule has 120 valence electrons.